The highest BCUT2D eigenvalue weighted by atomic mass is 16.2. The summed E-state index contributed by atoms with van der Waals surface area (Å²) in [6.07, 6.45) is 0. The van der Waals surface area contributed by atoms with Crippen molar-refractivity contribution in [2.24, 2.45) is 0 Å². The average molecular weight is 351 g/mol. The van der Waals surface area contributed by atoms with Gasteiger partial charge >= 0.3 is 5.69 Å². The molecule has 134 valence electrons. The van der Waals surface area contributed by atoms with Gasteiger partial charge in [0.15, 0.2) is 0 Å². The van der Waals surface area contributed by atoms with E-state index in [9.17, 15) is 14.4 Å². The highest BCUT2D eigenvalue weighted by Crippen LogP contribution is 2.09. The molecule has 0 spiro atoms. The normalized spacial score (nSPS) is 11.0. The van der Waals surface area contributed by atoms with Gasteiger partial charge in [-0.2, -0.15) is 0 Å². The largest absolute Gasteiger partial charge is 0.350 e. The Labute approximate surface area is 150 Å². The molecule has 0 aliphatic carbocycles. The molecule has 0 aliphatic heterocycles. The van der Waals surface area contributed by atoms with Gasteiger partial charge in [0.05, 0.1) is 10.9 Å². The molecule has 0 aliphatic rings. The van der Waals surface area contributed by atoms with E-state index in [0.717, 1.165) is 5.56 Å². The summed E-state index contributed by atoms with van der Waals surface area (Å²) in [6, 6.07) is 16.1. The molecular weight excluding hydrogens is 330 g/mol. The average Bonchev–Trinajstić information content (AvgIpc) is 2.64. The van der Waals surface area contributed by atoms with Crippen LogP contribution in [0.2, 0.25) is 0 Å². The number of hydrogen-bond donors (Lipinski definition) is 1. The summed E-state index contributed by atoms with van der Waals surface area (Å²) in [5, 5.41) is 3.24. The Hall–Kier alpha value is -3.15. The molecule has 3 aromatic rings. The summed E-state index contributed by atoms with van der Waals surface area (Å²) in [7, 11) is 0. The molecule has 6 heteroatoms. The summed E-state index contributed by atoms with van der Waals surface area (Å²) in [5.41, 5.74) is 0.638. The molecule has 26 heavy (non-hydrogen) atoms. The third kappa shape index (κ3) is 3.44. The first kappa shape index (κ1) is 17.7. The molecule has 2 aromatic carbocycles. The molecule has 0 saturated carbocycles. The zero-order chi connectivity index (χ0) is 18.7. The van der Waals surface area contributed by atoms with Gasteiger partial charge in [-0.15, -0.1) is 0 Å². The van der Waals surface area contributed by atoms with Crippen LogP contribution in [0.4, 0.5) is 0 Å². The minimum absolute atomic E-state index is 0.140. The second-order valence-electron chi connectivity index (χ2n) is 6.42. The van der Waals surface area contributed by atoms with E-state index >= 15 is 0 Å². The summed E-state index contributed by atoms with van der Waals surface area (Å²) >= 11 is 0. The molecule has 1 amide bonds. The first-order valence-electron chi connectivity index (χ1n) is 8.53. The predicted octanol–water partition coefficient (Wildman–Crippen LogP) is 2.06. The molecule has 6 nitrogen and oxygen atoms in total. The van der Waals surface area contributed by atoms with Crippen molar-refractivity contribution in [1.82, 2.24) is 14.5 Å². The summed E-state index contributed by atoms with van der Waals surface area (Å²) < 4.78 is 2.55. The number of amides is 1. The number of fused-ring (bicyclic) bond motifs is 1. The maximum absolute atomic E-state index is 12.8. The second kappa shape index (κ2) is 7.39. The fraction of sp³-hybridized carbons (Fsp3) is 0.250. The third-order valence-electron chi connectivity index (χ3n) is 4.23. The Bertz CT molecular complexity index is 1050. The minimum atomic E-state index is -0.474. The van der Waals surface area contributed by atoms with E-state index < -0.39 is 5.69 Å². The van der Waals surface area contributed by atoms with Crippen molar-refractivity contribution in [2.75, 3.05) is 0 Å². The highest BCUT2D eigenvalue weighted by molar-refractivity contribution is 5.81. The van der Waals surface area contributed by atoms with Crippen LogP contribution in [0.3, 0.4) is 0 Å². The number of nitrogens with one attached hydrogen (secondary N) is 1. The summed E-state index contributed by atoms with van der Waals surface area (Å²) in [5.74, 6) is -0.282. The zero-order valence-electron chi connectivity index (χ0n) is 14.8. The van der Waals surface area contributed by atoms with Gasteiger partial charge in [0.2, 0.25) is 5.91 Å². The number of hydrogen-bond acceptors (Lipinski definition) is 3. The molecule has 0 bridgehead atoms. The Morgan fingerprint density at radius 2 is 1.65 bits per heavy atom. The van der Waals surface area contributed by atoms with Crippen LogP contribution in [0.25, 0.3) is 10.9 Å². The maximum Gasteiger partial charge on any atom is 0.332 e. The molecule has 1 N–H and O–H groups in total. The van der Waals surface area contributed by atoms with Gasteiger partial charge in [-0.3, -0.25) is 18.7 Å². The van der Waals surface area contributed by atoms with E-state index in [-0.39, 0.29) is 24.1 Å². The van der Waals surface area contributed by atoms with Crippen LogP contribution in [0, 0.1) is 0 Å². The van der Waals surface area contributed by atoms with E-state index in [1.807, 2.05) is 30.3 Å². The molecule has 1 heterocycles. The standard InChI is InChI=1S/C20H21N3O3/c1-14(2)23-19(25)16-10-6-7-11-17(16)22(20(23)26)13-18(24)21-12-15-8-4-3-5-9-15/h3-11,14H,12-13H2,1-2H3,(H,21,24). The Balaban J connectivity index is 1.95. The number of nitrogens with zero attached hydrogens (tertiary/aromatic N) is 2. The van der Waals surface area contributed by atoms with Gasteiger partial charge in [-0.1, -0.05) is 42.5 Å². The van der Waals surface area contributed by atoms with Gasteiger partial charge in [0.1, 0.15) is 6.54 Å². The minimum Gasteiger partial charge on any atom is -0.350 e. The first-order chi connectivity index (χ1) is 12.5. The quantitative estimate of drug-likeness (QED) is 0.765. The highest BCUT2D eigenvalue weighted by Gasteiger charge is 2.16. The summed E-state index contributed by atoms with van der Waals surface area (Å²) in [4.78, 5) is 37.8. The van der Waals surface area contributed by atoms with Crippen LogP contribution < -0.4 is 16.6 Å². The Morgan fingerprint density at radius 1 is 1.00 bits per heavy atom. The van der Waals surface area contributed by atoms with Crippen LogP contribution in [0.5, 0.6) is 0 Å². The van der Waals surface area contributed by atoms with Crippen molar-refractivity contribution in [2.45, 2.75) is 33.0 Å². The smallest absolute Gasteiger partial charge is 0.332 e. The number of para-hydroxylation sites is 1. The predicted molar refractivity (Wildman–Crippen MR) is 101 cm³/mol. The van der Waals surface area contributed by atoms with Crippen molar-refractivity contribution >= 4 is 16.8 Å². The van der Waals surface area contributed by atoms with Gasteiger partial charge < -0.3 is 5.32 Å². The number of carbonyl (C=O) groups is 1. The lowest BCUT2D eigenvalue weighted by molar-refractivity contribution is -0.121. The number of carbonyl (C=O) groups excluding carboxylic acids is 1. The topological polar surface area (TPSA) is 73.1 Å². The van der Waals surface area contributed by atoms with E-state index in [4.69, 9.17) is 0 Å². The first-order valence-corrected chi connectivity index (χ1v) is 8.53. The van der Waals surface area contributed by atoms with E-state index in [0.29, 0.717) is 17.4 Å². The molecule has 0 fully saturated rings. The molecule has 0 radical (unpaired) electrons. The van der Waals surface area contributed by atoms with Gasteiger partial charge in [0, 0.05) is 12.6 Å². The van der Waals surface area contributed by atoms with Crippen molar-refractivity contribution < 1.29 is 4.79 Å². The van der Waals surface area contributed by atoms with Crippen LogP contribution in [0.15, 0.2) is 64.2 Å². The van der Waals surface area contributed by atoms with Crippen molar-refractivity contribution in [3.63, 3.8) is 0 Å². The van der Waals surface area contributed by atoms with E-state index in [1.54, 1.807) is 38.1 Å². The van der Waals surface area contributed by atoms with Crippen LogP contribution in [0.1, 0.15) is 25.5 Å². The van der Waals surface area contributed by atoms with Crippen molar-refractivity contribution in [1.29, 1.82) is 0 Å². The fourth-order valence-corrected chi connectivity index (χ4v) is 2.94. The monoisotopic (exact) mass is 351 g/mol. The molecular formula is C20H21N3O3. The van der Waals surface area contributed by atoms with Gasteiger partial charge in [0.25, 0.3) is 5.56 Å². The van der Waals surface area contributed by atoms with Crippen molar-refractivity contribution in [3.05, 3.63) is 81.0 Å². The molecule has 0 atom stereocenters. The van der Waals surface area contributed by atoms with Crippen molar-refractivity contribution in [3.8, 4) is 0 Å². The van der Waals surface area contributed by atoms with Crippen LogP contribution in [-0.2, 0) is 17.9 Å². The fourth-order valence-electron chi connectivity index (χ4n) is 2.94. The van der Waals surface area contributed by atoms with Crippen LogP contribution >= 0.6 is 0 Å². The Kier molecular flexibility index (Phi) is 5.02. The lowest BCUT2D eigenvalue weighted by atomic mass is 10.2. The molecule has 1 aromatic heterocycles. The Morgan fingerprint density at radius 3 is 2.35 bits per heavy atom. The zero-order valence-corrected chi connectivity index (χ0v) is 14.8. The second-order valence-corrected chi connectivity index (χ2v) is 6.42. The van der Waals surface area contributed by atoms with Gasteiger partial charge in [-0.25, -0.2) is 4.79 Å². The van der Waals surface area contributed by atoms with E-state index in [1.165, 1.54) is 9.13 Å². The van der Waals surface area contributed by atoms with Crippen LogP contribution in [-0.4, -0.2) is 15.0 Å². The number of aromatic nitrogens is 2. The third-order valence-corrected chi connectivity index (χ3v) is 4.23. The molecule has 0 saturated heterocycles. The SMILES string of the molecule is CC(C)n1c(=O)c2ccccc2n(CC(=O)NCc2ccccc2)c1=O. The molecule has 0 unspecified atom stereocenters. The molecule has 3 rings (SSSR count). The lowest BCUT2D eigenvalue weighted by Gasteiger charge is -2.16. The maximum atomic E-state index is 12.8. The van der Waals surface area contributed by atoms with E-state index in [2.05, 4.69) is 5.32 Å². The summed E-state index contributed by atoms with van der Waals surface area (Å²) in [6.45, 7) is 3.80. The number of benzene rings is 2. The number of rotatable bonds is 5. The van der Waals surface area contributed by atoms with Gasteiger partial charge in [-0.05, 0) is 31.5 Å². The lowest BCUT2D eigenvalue weighted by Crippen LogP contribution is -2.43.